The average molecular weight is 256 g/mol. The number of rotatable bonds is 2. The predicted molar refractivity (Wildman–Crippen MR) is 73.0 cm³/mol. The molecule has 0 unspecified atom stereocenters. The Labute approximate surface area is 110 Å². The van der Waals surface area contributed by atoms with E-state index in [0.717, 1.165) is 5.56 Å². The molecule has 0 aliphatic heterocycles. The molecule has 0 amide bonds. The van der Waals surface area contributed by atoms with E-state index in [2.05, 4.69) is 6.07 Å². The lowest BCUT2D eigenvalue weighted by atomic mass is 10.0. The Morgan fingerprint density at radius 1 is 1.11 bits per heavy atom. The van der Waals surface area contributed by atoms with Crippen molar-refractivity contribution < 1.29 is 5.11 Å². The molecule has 0 bridgehead atoms. The second kappa shape index (κ2) is 5.39. The summed E-state index contributed by atoms with van der Waals surface area (Å²) in [7, 11) is 0. The summed E-state index contributed by atoms with van der Waals surface area (Å²) in [6.45, 7) is 0. The van der Waals surface area contributed by atoms with Crippen molar-refractivity contribution in [2.75, 3.05) is 0 Å². The van der Waals surface area contributed by atoms with Gasteiger partial charge < -0.3 is 5.11 Å². The summed E-state index contributed by atoms with van der Waals surface area (Å²) < 4.78 is 0. The van der Waals surface area contributed by atoms with E-state index >= 15 is 0 Å². The topological polar surface area (TPSA) is 44.0 Å². The minimum atomic E-state index is 0.152. The number of allylic oxidation sites excluding steroid dienone is 1. The SMILES string of the molecule is N#C/C(=C/c1ccccc1O)c1ccc(Cl)cc1. The third kappa shape index (κ3) is 2.71. The first-order valence-corrected chi connectivity index (χ1v) is 5.74. The van der Waals surface area contributed by atoms with Gasteiger partial charge in [0.15, 0.2) is 0 Å². The Morgan fingerprint density at radius 2 is 1.78 bits per heavy atom. The molecule has 2 aromatic rings. The highest BCUT2D eigenvalue weighted by Crippen LogP contribution is 2.24. The number of benzene rings is 2. The maximum atomic E-state index is 9.67. The standard InChI is InChI=1S/C15H10ClNO/c16-14-7-5-11(6-8-14)13(10-17)9-12-3-1-2-4-15(12)18/h1-9,18H/b13-9-. The van der Waals surface area contributed by atoms with Gasteiger partial charge >= 0.3 is 0 Å². The van der Waals surface area contributed by atoms with E-state index in [4.69, 9.17) is 16.9 Å². The largest absolute Gasteiger partial charge is 0.507 e. The van der Waals surface area contributed by atoms with Gasteiger partial charge in [-0.05, 0) is 29.8 Å². The molecular formula is C15H10ClNO. The number of nitrogens with zero attached hydrogens (tertiary/aromatic N) is 1. The molecule has 18 heavy (non-hydrogen) atoms. The van der Waals surface area contributed by atoms with Crippen molar-refractivity contribution in [3.63, 3.8) is 0 Å². The summed E-state index contributed by atoms with van der Waals surface area (Å²) in [5.41, 5.74) is 1.86. The van der Waals surface area contributed by atoms with Gasteiger partial charge in [0.25, 0.3) is 0 Å². The molecule has 0 radical (unpaired) electrons. The fourth-order valence-electron chi connectivity index (χ4n) is 1.57. The van der Waals surface area contributed by atoms with Crippen LogP contribution in [-0.4, -0.2) is 5.11 Å². The lowest BCUT2D eigenvalue weighted by Crippen LogP contribution is -1.82. The summed E-state index contributed by atoms with van der Waals surface area (Å²) in [6.07, 6.45) is 1.65. The van der Waals surface area contributed by atoms with Crippen molar-refractivity contribution in [1.29, 1.82) is 5.26 Å². The van der Waals surface area contributed by atoms with E-state index in [9.17, 15) is 5.11 Å². The monoisotopic (exact) mass is 255 g/mol. The fourth-order valence-corrected chi connectivity index (χ4v) is 1.70. The number of aromatic hydroxyl groups is 1. The van der Waals surface area contributed by atoms with Crippen LogP contribution in [0.4, 0.5) is 0 Å². The summed E-state index contributed by atoms with van der Waals surface area (Å²) in [6, 6.07) is 16.0. The first kappa shape index (κ1) is 12.2. The lowest BCUT2D eigenvalue weighted by molar-refractivity contribution is 0.474. The molecular weight excluding hydrogens is 246 g/mol. The summed E-state index contributed by atoms with van der Waals surface area (Å²) >= 11 is 5.80. The molecule has 0 saturated carbocycles. The summed E-state index contributed by atoms with van der Waals surface area (Å²) in [5.74, 6) is 0.152. The van der Waals surface area contributed by atoms with Crippen molar-refractivity contribution in [2.45, 2.75) is 0 Å². The van der Waals surface area contributed by atoms with E-state index in [0.29, 0.717) is 16.2 Å². The molecule has 1 N–H and O–H groups in total. The van der Waals surface area contributed by atoms with Gasteiger partial charge in [0.1, 0.15) is 5.75 Å². The number of hydrogen-bond acceptors (Lipinski definition) is 2. The van der Waals surface area contributed by atoms with Gasteiger partial charge in [0, 0.05) is 10.6 Å². The minimum Gasteiger partial charge on any atom is -0.507 e. The van der Waals surface area contributed by atoms with Crippen molar-refractivity contribution >= 4 is 23.3 Å². The van der Waals surface area contributed by atoms with Gasteiger partial charge in [-0.1, -0.05) is 41.9 Å². The first-order chi connectivity index (χ1) is 8.70. The molecule has 0 heterocycles. The minimum absolute atomic E-state index is 0.152. The number of halogens is 1. The summed E-state index contributed by atoms with van der Waals surface area (Å²) in [5, 5.41) is 19.5. The number of hydrogen-bond donors (Lipinski definition) is 1. The zero-order valence-electron chi connectivity index (χ0n) is 9.47. The maximum Gasteiger partial charge on any atom is 0.122 e. The van der Waals surface area contributed by atoms with Crippen LogP contribution in [0.3, 0.4) is 0 Å². The molecule has 0 saturated heterocycles. The van der Waals surface area contributed by atoms with Crippen molar-refractivity contribution in [2.24, 2.45) is 0 Å². The molecule has 0 fully saturated rings. The van der Waals surface area contributed by atoms with Gasteiger partial charge in [0.05, 0.1) is 11.6 Å². The normalized spacial score (nSPS) is 11.0. The van der Waals surface area contributed by atoms with Crippen LogP contribution in [0.5, 0.6) is 5.75 Å². The molecule has 88 valence electrons. The Morgan fingerprint density at radius 3 is 2.39 bits per heavy atom. The van der Waals surface area contributed by atoms with Gasteiger partial charge in [-0.15, -0.1) is 0 Å². The van der Waals surface area contributed by atoms with Gasteiger partial charge in [-0.3, -0.25) is 0 Å². The highest BCUT2D eigenvalue weighted by molar-refractivity contribution is 6.30. The molecule has 0 aromatic heterocycles. The molecule has 0 spiro atoms. The van der Waals surface area contributed by atoms with E-state index in [1.165, 1.54) is 0 Å². The van der Waals surface area contributed by atoms with E-state index in [1.807, 2.05) is 6.07 Å². The van der Waals surface area contributed by atoms with Crippen LogP contribution in [-0.2, 0) is 0 Å². The number of para-hydroxylation sites is 1. The van der Waals surface area contributed by atoms with E-state index in [-0.39, 0.29) is 5.75 Å². The first-order valence-electron chi connectivity index (χ1n) is 5.36. The number of nitriles is 1. The number of phenols is 1. The third-order valence-electron chi connectivity index (χ3n) is 2.51. The van der Waals surface area contributed by atoms with Crippen LogP contribution in [0.2, 0.25) is 5.02 Å². The molecule has 2 nitrogen and oxygen atoms in total. The second-order valence-corrected chi connectivity index (χ2v) is 4.17. The predicted octanol–water partition coefficient (Wildman–Crippen LogP) is 4.11. The zero-order chi connectivity index (χ0) is 13.0. The molecule has 0 aliphatic rings. The van der Waals surface area contributed by atoms with Crippen LogP contribution in [0.25, 0.3) is 11.6 Å². The Balaban J connectivity index is 2.44. The molecule has 3 heteroatoms. The molecule has 0 atom stereocenters. The average Bonchev–Trinajstić information content (AvgIpc) is 2.39. The van der Waals surface area contributed by atoms with Gasteiger partial charge in [-0.25, -0.2) is 0 Å². The zero-order valence-corrected chi connectivity index (χ0v) is 10.2. The Hall–Kier alpha value is -2.24. The quantitative estimate of drug-likeness (QED) is 0.648. The Kier molecular flexibility index (Phi) is 3.66. The maximum absolute atomic E-state index is 9.67. The Bertz CT molecular complexity index is 624. The van der Waals surface area contributed by atoms with Crippen LogP contribution in [0.15, 0.2) is 48.5 Å². The number of phenolic OH excluding ortho intramolecular Hbond substituents is 1. The van der Waals surface area contributed by atoms with Crippen LogP contribution >= 0.6 is 11.6 Å². The highest BCUT2D eigenvalue weighted by Gasteiger charge is 2.03. The molecule has 2 aromatic carbocycles. The third-order valence-corrected chi connectivity index (χ3v) is 2.76. The smallest absolute Gasteiger partial charge is 0.122 e. The van der Waals surface area contributed by atoms with Crippen molar-refractivity contribution in [1.82, 2.24) is 0 Å². The van der Waals surface area contributed by atoms with E-state index < -0.39 is 0 Å². The summed E-state index contributed by atoms with van der Waals surface area (Å²) in [4.78, 5) is 0. The van der Waals surface area contributed by atoms with Crippen LogP contribution in [0.1, 0.15) is 11.1 Å². The van der Waals surface area contributed by atoms with Gasteiger partial charge in [0.2, 0.25) is 0 Å². The van der Waals surface area contributed by atoms with Crippen LogP contribution in [0, 0.1) is 11.3 Å². The van der Waals surface area contributed by atoms with Crippen molar-refractivity contribution in [3.05, 3.63) is 64.7 Å². The van der Waals surface area contributed by atoms with E-state index in [1.54, 1.807) is 48.5 Å². The second-order valence-electron chi connectivity index (χ2n) is 3.74. The fraction of sp³-hybridized carbons (Fsp3) is 0. The van der Waals surface area contributed by atoms with Gasteiger partial charge in [-0.2, -0.15) is 5.26 Å². The lowest BCUT2D eigenvalue weighted by Gasteiger charge is -2.01. The van der Waals surface area contributed by atoms with Crippen LogP contribution < -0.4 is 0 Å². The highest BCUT2D eigenvalue weighted by atomic mass is 35.5. The molecule has 2 rings (SSSR count). The molecule has 0 aliphatic carbocycles. The van der Waals surface area contributed by atoms with Crippen molar-refractivity contribution in [3.8, 4) is 11.8 Å².